The summed E-state index contributed by atoms with van der Waals surface area (Å²) in [7, 11) is 0. The molecule has 0 bridgehead atoms. The molecule has 0 radical (unpaired) electrons. The van der Waals surface area contributed by atoms with Crippen LogP contribution in [0.25, 0.3) is 11.3 Å². The molecule has 2 aliphatic rings. The van der Waals surface area contributed by atoms with Crippen LogP contribution in [0, 0.1) is 5.92 Å². The molecular weight excluding hydrogens is 430 g/mol. The molecular formula is C26H23N5O3. The van der Waals surface area contributed by atoms with Crippen LogP contribution >= 0.6 is 0 Å². The monoisotopic (exact) mass is 453 g/mol. The lowest BCUT2D eigenvalue weighted by Crippen LogP contribution is -2.20. The number of imidazole rings is 1. The Morgan fingerprint density at radius 1 is 1.09 bits per heavy atom. The van der Waals surface area contributed by atoms with Crippen LogP contribution in [0.1, 0.15) is 30.1 Å². The Morgan fingerprint density at radius 2 is 1.97 bits per heavy atom. The number of amides is 1. The summed E-state index contributed by atoms with van der Waals surface area (Å²) in [5, 5.41) is 2.75. The number of H-pyrrole nitrogens is 1. The highest BCUT2D eigenvalue weighted by atomic mass is 16.5. The lowest BCUT2D eigenvalue weighted by atomic mass is 9.96. The van der Waals surface area contributed by atoms with Gasteiger partial charge < -0.3 is 14.5 Å². The number of rotatable bonds is 6. The van der Waals surface area contributed by atoms with E-state index in [0.29, 0.717) is 18.2 Å². The molecule has 1 fully saturated rings. The molecule has 8 heteroatoms. The zero-order valence-electron chi connectivity index (χ0n) is 18.4. The molecule has 0 saturated heterocycles. The van der Waals surface area contributed by atoms with Gasteiger partial charge in [-0.3, -0.25) is 10.1 Å². The molecule has 2 aromatic heterocycles. The largest absolute Gasteiger partial charge is 0.493 e. The van der Waals surface area contributed by atoms with Gasteiger partial charge in [0.1, 0.15) is 17.3 Å². The number of fused-ring (bicyclic) bond motifs is 1. The molecule has 34 heavy (non-hydrogen) atoms. The molecule has 170 valence electrons. The standard InChI is InChI=1S/C26H23N5O3/c32-25(17-6-7-17)31-26-27-11-10-23(30-26)34-20-8-9-22-18(13-20)12-19(15-33-22)24-28-14-21(29-24)16-4-2-1-3-5-16/h1-5,8-11,13-14,17,19H,6-7,12,15H2,(H,28,29)(H,27,30,31,32). The summed E-state index contributed by atoms with van der Waals surface area (Å²) in [6, 6.07) is 17.5. The van der Waals surface area contributed by atoms with Gasteiger partial charge in [-0.15, -0.1) is 0 Å². The molecule has 8 nitrogen and oxygen atoms in total. The van der Waals surface area contributed by atoms with Crippen molar-refractivity contribution in [3.63, 3.8) is 0 Å². The molecule has 3 heterocycles. The Balaban J connectivity index is 1.16. The summed E-state index contributed by atoms with van der Waals surface area (Å²) in [5.74, 6) is 3.17. The van der Waals surface area contributed by atoms with Crippen LogP contribution in [0.2, 0.25) is 0 Å². The number of hydrogen-bond acceptors (Lipinski definition) is 6. The van der Waals surface area contributed by atoms with E-state index in [1.54, 1.807) is 12.3 Å². The summed E-state index contributed by atoms with van der Waals surface area (Å²) in [5.41, 5.74) is 3.14. The fraction of sp³-hybridized carbons (Fsp3) is 0.231. The van der Waals surface area contributed by atoms with Crippen LogP contribution in [0.5, 0.6) is 17.4 Å². The van der Waals surface area contributed by atoms with Crippen molar-refractivity contribution in [3.05, 3.63) is 78.4 Å². The lowest BCUT2D eigenvalue weighted by Gasteiger charge is -2.24. The molecule has 1 unspecified atom stereocenters. The van der Waals surface area contributed by atoms with Gasteiger partial charge in [0, 0.05) is 18.2 Å². The first-order chi connectivity index (χ1) is 16.7. The normalized spacial score (nSPS) is 16.9. The van der Waals surface area contributed by atoms with Gasteiger partial charge >= 0.3 is 0 Å². The Hall–Kier alpha value is -4.20. The number of anilines is 1. The van der Waals surface area contributed by atoms with E-state index in [-0.39, 0.29) is 23.7 Å². The maximum atomic E-state index is 12.0. The molecule has 6 rings (SSSR count). The number of carbonyl (C=O) groups excluding carboxylic acids is 1. The van der Waals surface area contributed by atoms with Crippen molar-refractivity contribution in [1.29, 1.82) is 0 Å². The van der Waals surface area contributed by atoms with Crippen molar-refractivity contribution >= 4 is 11.9 Å². The average molecular weight is 454 g/mol. The zero-order valence-corrected chi connectivity index (χ0v) is 18.4. The van der Waals surface area contributed by atoms with Crippen molar-refractivity contribution in [1.82, 2.24) is 19.9 Å². The molecule has 1 amide bonds. The summed E-state index contributed by atoms with van der Waals surface area (Å²) in [6.07, 6.45) is 6.07. The third-order valence-corrected chi connectivity index (χ3v) is 6.04. The maximum Gasteiger partial charge on any atom is 0.232 e. The van der Waals surface area contributed by atoms with Crippen LogP contribution in [-0.4, -0.2) is 32.4 Å². The summed E-state index contributed by atoms with van der Waals surface area (Å²) < 4.78 is 12.0. The number of carbonyl (C=O) groups is 1. The molecule has 2 aromatic carbocycles. The van der Waals surface area contributed by atoms with E-state index in [0.717, 1.165) is 47.7 Å². The summed E-state index contributed by atoms with van der Waals surface area (Å²) in [6.45, 7) is 0.560. The van der Waals surface area contributed by atoms with E-state index >= 15 is 0 Å². The van der Waals surface area contributed by atoms with Crippen LogP contribution < -0.4 is 14.8 Å². The lowest BCUT2D eigenvalue weighted by molar-refractivity contribution is -0.117. The second-order valence-corrected chi connectivity index (χ2v) is 8.61. The van der Waals surface area contributed by atoms with Crippen LogP contribution in [0.4, 0.5) is 5.95 Å². The van der Waals surface area contributed by atoms with E-state index in [1.807, 2.05) is 42.6 Å². The van der Waals surface area contributed by atoms with Crippen molar-refractivity contribution in [2.75, 3.05) is 11.9 Å². The first kappa shape index (κ1) is 20.4. The van der Waals surface area contributed by atoms with Crippen molar-refractivity contribution in [3.8, 4) is 28.6 Å². The Labute approximate surface area is 196 Å². The van der Waals surface area contributed by atoms with Gasteiger partial charge in [-0.2, -0.15) is 4.98 Å². The maximum absolute atomic E-state index is 12.0. The van der Waals surface area contributed by atoms with Crippen LogP contribution in [-0.2, 0) is 11.2 Å². The van der Waals surface area contributed by atoms with E-state index in [4.69, 9.17) is 9.47 Å². The predicted molar refractivity (Wildman–Crippen MR) is 126 cm³/mol. The molecule has 1 aliphatic heterocycles. The highest BCUT2D eigenvalue weighted by Crippen LogP contribution is 2.35. The van der Waals surface area contributed by atoms with E-state index in [1.165, 1.54) is 0 Å². The number of benzene rings is 2. The van der Waals surface area contributed by atoms with E-state index in [9.17, 15) is 4.79 Å². The van der Waals surface area contributed by atoms with Crippen LogP contribution in [0.15, 0.2) is 67.0 Å². The average Bonchev–Trinajstić information content (AvgIpc) is 3.61. The van der Waals surface area contributed by atoms with Gasteiger partial charge in [-0.1, -0.05) is 30.3 Å². The Kier molecular flexibility index (Phi) is 5.18. The topological polar surface area (TPSA) is 102 Å². The van der Waals surface area contributed by atoms with E-state index < -0.39 is 0 Å². The molecule has 4 aromatic rings. The van der Waals surface area contributed by atoms with Gasteiger partial charge in [0.25, 0.3) is 0 Å². The van der Waals surface area contributed by atoms with Gasteiger partial charge in [0.2, 0.25) is 17.7 Å². The van der Waals surface area contributed by atoms with Gasteiger partial charge in [0.05, 0.1) is 24.4 Å². The van der Waals surface area contributed by atoms with Gasteiger partial charge in [-0.25, -0.2) is 9.97 Å². The number of ether oxygens (including phenoxy) is 2. The molecule has 1 saturated carbocycles. The molecule has 1 atom stereocenters. The minimum atomic E-state index is -0.0394. The smallest absolute Gasteiger partial charge is 0.232 e. The predicted octanol–water partition coefficient (Wildman–Crippen LogP) is 4.73. The highest BCUT2D eigenvalue weighted by Gasteiger charge is 2.30. The number of nitrogens with one attached hydrogen (secondary N) is 2. The second-order valence-electron chi connectivity index (χ2n) is 8.61. The van der Waals surface area contributed by atoms with Crippen molar-refractivity contribution < 1.29 is 14.3 Å². The number of aromatic amines is 1. The first-order valence-electron chi connectivity index (χ1n) is 11.4. The third kappa shape index (κ3) is 4.34. The molecule has 1 aliphatic carbocycles. The summed E-state index contributed by atoms with van der Waals surface area (Å²) in [4.78, 5) is 28.5. The summed E-state index contributed by atoms with van der Waals surface area (Å²) >= 11 is 0. The Morgan fingerprint density at radius 3 is 2.82 bits per heavy atom. The van der Waals surface area contributed by atoms with Gasteiger partial charge in [-0.05, 0) is 48.6 Å². The SMILES string of the molecule is O=C(Nc1nccc(Oc2ccc3c(c2)CC(c2ncc(-c4ccccc4)[nH]2)CO3)n1)C1CC1. The molecule has 2 N–H and O–H groups in total. The minimum absolute atomic E-state index is 0.0394. The van der Waals surface area contributed by atoms with Crippen molar-refractivity contribution in [2.45, 2.75) is 25.2 Å². The van der Waals surface area contributed by atoms with Crippen LogP contribution in [0.3, 0.4) is 0 Å². The molecule has 0 spiro atoms. The zero-order chi connectivity index (χ0) is 22.9. The van der Waals surface area contributed by atoms with Gasteiger partial charge in [0.15, 0.2) is 0 Å². The fourth-order valence-corrected chi connectivity index (χ4v) is 4.06. The third-order valence-electron chi connectivity index (χ3n) is 6.04. The Bertz CT molecular complexity index is 1330. The number of hydrogen-bond donors (Lipinski definition) is 2. The highest BCUT2D eigenvalue weighted by molar-refractivity contribution is 5.92. The first-order valence-corrected chi connectivity index (χ1v) is 11.4. The minimum Gasteiger partial charge on any atom is -0.493 e. The van der Waals surface area contributed by atoms with Crippen molar-refractivity contribution in [2.24, 2.45) is 5.92 Å². The quantitative estimate of drug-likeness (QED) is 0.438. The number of nitrogens with zero attached hydrogens (tertiary/aromatic N) is 3. The van der Waals surface area contributed by atoms with E-state index in [2.05, 4.69) is 37.4 Å². The second kappa shape index (κ2) is 8.62. The number of aromatic nitrogens is 4. The fourth-order valence-electron chi connectivity index (χ4n) is 4.06.